The van der Waals surface area contributed by atoms with Crippen LogP contribution in [-0.2, 0) is 6.61 Å². The van der Waals surface area contributed by atoms with Gasteiger partial charge in [0.2, 0.25) is 0 Å². The molecule has 0 bridgehead atoms. The van der Waals surface area contributed by atoms with Crippen LogP contribution in [-0.4, -0.2) is 4.92 Å². The van der Waals surface area contributed by atoms with Gasteiger partial charge in [-0.25, -0.2) is 4.39 Å². The molecule has 5 nitrogen and oxygen atoms in total. The molecule has 0 aliphatic rings. The highest BCUT2D eigenvalue weighted by Crippen LogP contribution is 2.32. The third-order valence-corrected chi connectivity index (χ3v) is 2.93. The van der Waals surface area contributed by atoms with Crippen LogP contribution in [0.1, 0.15) is 16.7 Å². The number of rotatable bonds is 4. The standard InChI is InChI=1S/C15H11FN2O3/c1-10-7-13(21-9-11-5-3-2-4-6-11)14(16)12(8-17)15(10)18(19)20/h2-7H,9H2,1H3. The molecule has 2 aromatic carbocycles. The van der Waals surface area contributed by atoms with Crippen molar-refractivity contribution in [3.05, 3.63) is 69.0 Å². The van der Waals surface area contributed by atoms with E-state index >= 15 is 0 Å². The van der Waals surface area contributed by atoms with Crippen LogP contribution < -0.4 is 4.74 Å². The molecule has 2 rings (SSSR count). The number of ether oxygens (including phenoxy) is 1. The SMILES string of the molecule is Cc1cc(OCc2ccccc2)c(F)c(C#N)c1[N+](=O)[O-]. The van der Waals surface area contributed by atoms with Gasteiger partial charge >= 0.3 is 0 Å². The van der Waals surface area contributed by atoms with E-state index in [0.717, 1.165) is 5.56 Å². The Morgan fingerprint density at radius 2 is 2.05 bits per heavy atom. The molecule has 0 radical (unpaired) electrons. The molecule has 2 aromatic rings. The summed E-state index contributed by atoms with van der Waals surface area (Å²) < 4.78 is 19.5. The lowest BCUT2D eigenvalue weighted by atomic mass is 10.1. The molecule has 0 aliphatic heterocycles. The van der Waals surface area contributed by atoms with Crippen LogP contribution in [0.3, 0.4) is 0 Å². The summed E-state index contributed by atoms with van der Waals surface area (Å²) in [6, 6.07) is 11.8. The number of hydrogen-bond acceptors (Lipinski definition) is 4. The quantitative estimate of drug-likeness (QED) is 0.636. The molecule has 21 heavy (non-hydrogen) atoms. The fourth-order valence-corrected chi connectivity index (χ4v) is 1.93. The van der Waals surface area contributed by atoms with Gasteiger partial charge in [0.25, 0.3) is 5.69 Å². The fraction of sp³-hybridized carbons (Fsp3) is 0.133. The van der Waals surface area contributed by atoms with Gasteiger partial charge in [0, 0.05) is 5.56 Å². The zero-order chi connectivity index (χ0) is 15.4. The van der Waals surface area contributed by atoms with Gasteiger partial charge in [-0.3, -0.25) is 10.1 Å². The molecule has 0 aromatic heterocycles. The maximum atomic E-state index is 14.1. The van der Waals surface area contributed by atoms with Crippen LogP contribution in [0.25, 0.3) is 0 Å². The minimum absolute atomic E-state index is 0.111. The van der Waals surface area contributed by atoms with Gasteiger partial charge in [-0.15, -0.1) is 0 Å². The van der Waals surface area contributed by atoms with Crippen molar-refractivity contribution < 1.29 is 14.1 Å². The number of benzene rings is 2. The summed E-state index contributed by atoms with van der Waals surface area (Å²) in [5.74, 6) is -1.18. The average molecular weight is 286 g/mol. The summed E-state index contributed by atoms with van der Waals surface area (Å²) in [7, 11) is 0. The number of hydrogen-bond donors (Lipinski definition) is 0. The maximum absolute atomic E-state index is 14.1. The Morgan fingerprint density at radius 1 is 1.38 bits per heavy atom. The lowest BCUT2D eigenvalue weighted by Crippen LogP contribution is -2.03. The van der Waals surface area contributed by atoms with Crippen molar-refractivity contribution in [2.45, 2.75) is 13.5 Å². The van der Waals surface area contributed by atoms with Crippen molar-refractivity contribution in [2.24, 2.45) is 0 Å². The molecular formula is C15H11FN2O3. The van der Waals surface area contributed by atoms with E-state index in [1.165, 1.54) is 19.1 Å². The topological polar surface area (TPSA) is 76.2 Å². The predicted molar refractivity (Wildman–Crippen MR) is 73.3 cm³/mol. The summed E-state index contributed by atoms with van der Waals surface area (Å²) in [6.07, 6.45) is 0. The Bertz CT molecular complexity index is 724. The van der Waals surface area contributed by atoms with Gasteiger partial charge in [0.05, 0.1) is 4.92 Å². The largest absolute Gasteiger partial charge is 0.486 e. The minimum atomic E-state index is -1.01. The van der Waals surface area contributed by atoms with E-state index in [1.807, 2.05) is 18.2 Å². The van der Waals surface area contributed by atoms with Crippen molar-refractivity contribution in [3.8, 4) is 11.8 Å². The second-order valence-corrected chi connectivity index (χ2v) is 4.37. The van der Waals surface area contributed by atoms with Crippen LogP contribution in [0.15, 0.2) is 36.4 Å². The van der Waals surface area contributed by atoms with Crippen molar-refractivity contribution in [2.75, 3.05) is 0 Å². The zero-order valence-electron chi connectivity index (χ0n) is 11.2. The van der Waals surface area contributed by atoms with Crippen molar-refractivity contribution in [3.63, 3.8) is 0 Å². The molecule has 0 saturated carbocycles. The second kappa shape index (κ2) is 6.01. The molecular weight excluding hydrogens is 275 g/mol. The van der Waals surface area contributed by atoms with Crippen LogP contribution in [0.2, 0.25) is 0 Å². The van der Waals surface area contributed by atoms with Gasteiger partial charge in [0.1, 0.15) is 12.7 Å². The lowest BCUT2D eigenvalue weighted by Gasteiger charge is -2.10. The van der Waals surface area contributed by atoms with E-state index in [4.69, 9.17) is 10.00 Å². The van der Waals surface area contributed by atoms with Crippen molar-refractivity contribution in [1.29, 1.82) is 5.26 Å². The summed E-state index contributed by atoms with van der Waals surface area (Å²) in [5, 5.41) is 19.8. The van der Waals surface area contributed by atoms with Crippen LogP contribution in [0.5, 0.6) is 5.75 Å². The monoisotopic (exact) mass is 286 g/mol. The first kappa shape index (κ1) is 14.5. The highest BCUT2D eigenvalue weighted by Gasteiger charge is 2.25. The Morgan fingerprint density at radius 3 is 2.62 bits per heavy atom. The van der Waals surface area contributed by atoms with Crippen LogP contribution in [0.4, 0.5) is 10.1 Å². The summed E-state index contributed by atoms with van der Waals surface area (Å²) >= 11 is 0. The number of nitro groups is 1. The van der Waals surface area contributed by atoms with Crippen molar-refractivity contribution in [1.82, 2.24) is 0 Å². The van der Waals surface area contributed by atoms with Crippen LogP contribution in [0, 0.1) is 34.2 Å². The zero-order valence-corrected chi connectivity index (χ0v) is 11.2. The third-order valence-electron chi connectivity index (χ3n) is 2.93. The molecule has 0 spiro atoms. The fourth-order valence-electron chi connectivity index (χ4n) is 1.93. The molecule has 0 aliphatic carbocycles. The number of nitrogens with zero attached hydrogens (tertiary/aromatic N) is 2. The first-order valence-corrected chi connectivity index (χ1v) is 6.09. The molecule has 106 valence electrons. The molecule has 0 heterocycles. The normalized spacial score (nSPS) is 9.95. The first-order chi connectivity index (χ1) is 10.0. The molecule has 0 fully saturated rings. The second-order valence-electron chi connectivity index (χ2n) is 4.37. The van der Waals surface area contributed by atoms with E-state index < -0.39 is 22.0 Å². The van der Waals surface area contributed by atoms with E-state index in [9.17, 15) is 14.5 Å². The number of nitriles is 1. The van der Waals surface area contributed by atoms with Gasteiger partial charge in [-0.05, 0) is 18.6 Å². The van der Waals surface area contributed by atoms with Gasteiger partial charge in [-0.2, -0.15) is 5.26 Å². The van der Waals surface area contributed by atoms with Gasteiger partial charge in [0.15, 0.2) is 17.1 Å². The van der Waals surface area contributed by atoms with Crippen LogP contribution >= 0.6 is 0 Å². The Hall–Kier alpha value is -2.94. The molecule has 0 unspecified atom stereocenters. The Balaban J connectivity index is 2.36. The van der Waals surface area contributed by atoms with Gasteiger partial charge in [-0.1, -0.05) is 30.3 Å². The molecule has 0 N–H and O–H groups in total. The van der Waals surface area contributed by atoms with E-state index in [2.05, 4.69) is 0 Å². The first-order valence-electron chi connectivity index (χ1n) is 6.09. The molecule has 0 atom stereocenters. The molecule has 6 heteroatoms. The predicted octanol–water partition coefficient (Wildman–Crippen LogP) is 3.49. The Labute approximate surface area is 120 Å². The number of nitro benzene ring substituents is 1. The minimum Gasteiger partial charge on any atom is -0.486 e. The highest BCUT2D eigenvalue weighted by atomic mass is 19.1. The average Bonchev–Trinajstić information content (AvgIpc) is 2.48. The molecule has 0 amide bonds. The smallest absolute Gasteiger partial charge is 0.293 e. The van der Waals surface area contributed by atoms with Gasteiger partial charge < -0.3 is 4.74 Å². The van der Waals surface area contributed by atoms with E-state index in [1.54, 1.807) is 12.1 Å². The number of halogens is 1. The summed E-state index contributed by atoms with van der Waals surface area (Å²) in [5.41, 5.74) is -0.127. The maximum Gasteiger partial charge on any atom is 0.293 e. The third kappa shape index (κ3) is 2.98. The summed E-state index contributed by atoms with van der Waals surface area (Å²) in [6.45, 7) is 1.55. The molecule has 0 saturated heterocycles. The van der Waals surface area contributed by atoms with E-state index in [-0.39, 0.29) is 17.9 Å². The highest BCUT2D eigenvalue weighted by molar-refractivity contribution is 5.58. The Kier molecular flexibility index (Phi) is 4.14. The van der Waals surface area contributed by atoms with Crippen molar-refractivity contribution >= 4 is 5.69 Å². The number of aryl methyl sites for hydroxylation is 1. The summed E-state index contributed by atoms with van der Waals surface area (Å²) in [4.78, 5) is 10.1. The van der Waals surface area contributed by atoms with E-state index in [0.29, 0.717) is 0 Å². The lowest BCUT2D eigenvalue weighted by molar-refractivity contribution is -0.385.